The minimum absolute atomic E-state index is 0.349. The molecule has 1 spiro atoms. The molecule has 0 amide bonds. The highest BCUT2D eigenvalue weighted by Crippen LogP contribution is 2.42. The molecule has 0 N–H and O–H groups in total. The first-order chi connectivity index (χ1) is 11.3. The van der Waals surface area contributed by atoms with Gasteiger partial charge in [0.2, 0.25) is 0 Å². The summed E-state index contributed by atoms with van der Waals surface area (Å²) in [5, 5.41) is 0. The van der Waals surface area contributed by atoms with Crippen molar-refractivity contribution in [1.82, 2.24) is 14.7 Å². The first kappa shape index (κ1) is 18.7. The van der Waals surface area contributed by atoms with Gasteiger partial charge in [-0.2, -0.15) is 0 Å². The van der Waals surface area contributed by atoms with Crippen molar-refractivity contribution in [3.63, 3.8) is 0 Å². The Kier molecular flexibility index (Phi) is 5.64. The van der Waals surface area contributed by atoms with Gasteiger partial charge in [-0.1, -0.05) is 0 Å². The zero-order valence-corrected chi connectivity index (χ0v) is 17.0. The average molecular weight is 336 g/mol. The van der Waals surface area contributed by atoms with Gasteiger partial charge in [0, 0.05) is 30.7 Å². The van der Waals surface area contributed by atoms with Gasteiger partial charge in [0.25, 0.3) is 0 Å². The number of likely N-dealkylation sites (tertiary alicyclic amines) is 3. The minimum Gasteiger partial charge on any atom is -0.301 e. The van der Waals surface area contributed by atoms with E-state index in [9.17, 15) is 0 Å². The molecule has 0 radical (unpaired) electrons. The molecule has 0 atom stereocenters. The standard InChI is InChI=1S/C21H41N3/c1-18(2)22-14-8-21(9-15-22)10-16-23(17-11-21)19-6-12-24(13-7-19)20(3,4)5/h18-19H,6-17H2,1-5H3. The van der Waals surface area contributed by atoms with Gasteiger partial charge in [-0.05, 0) is 105 Å². The zero-order chi connectivity index (χ0) is 17.4. The van der Waals surface area contributed by atoms with Gasteiger partial charge in [0.15, 0.2) is 0 Å². The summed E-state index contributed by atoms with van der Waals surface area (Å²) in [5.74, 6) is 0. The summed E-state index contributed by atoms with van der Waals surface area (Å²) in [6.07, 6.45) is 8.57. The first-order valence-electron chi connectivity index (χ1n) is 10.5. The van der Waals surface area contributed by atoms with Crippen molar-refractivity contribution in [3.05, 3.63) is 0 Å². The number of piperidine rings is 3. The molecule has 3 nitrogen and oxygen atoms in total. The van der Waals surface area contributed by atoms with Crippen LogP contribution in [0, 0.1) is 5.41 Å². The molecule has 3 heterocycles. The van der Waals surface area contributed by atoms with E-state index >= 15 is 0 Å². The monoisotopic (exact) mass is 335 g/mol. The van der Waals surface area contributed by atoms with Crippen LogP contribution in [0.5, 0.6) is 0 Å². The Morgan fingerprint density at radius 3 is 1.75 bits per heavy atom. The molecule has 0 bridgehead atoms. The van der Waals surface area contributed by atoms with Gasteiger partial charge in [-0.25, -0.2) is 0 Å². The molecule has 0 saturated carbocycles. The van der Waals surface area contributed by atoms with Crippen molar-refractivity contribution < 1.29 is 0 Å². The van der Waals surface area contributed by atoms with E-state index in [1.165, 1.54) is 77.8 Å². The van der Waals surface area contributed by atoms with Gasteiger partial charge in [0.05, 0.1) is 0 Å². The quantitative estimate of drug-likeness (QED) is 0.759. The Labute approximate surface area is 150 Å². The molecule has 3 rings (SSSR count). The molecule has 0 aromatic carbocycles. The number of hydrogen-bond donors (Lipinski definition) is 0. The summed E-state index contributed by atoms with van der Waals surface area (Å²) in [7, 11) is 0. The number of hydrogen-bond acceptors (Lipinski definition) is 3. The Balaban J connectivity index is 1.45. The summed E-state index contributed by atoms with van der Waals surface area (Å²) in [6, 6.07) is 1.59. The largest absolute Gasteiger partial charge is 0.301 e. The van der Waals surface area contributed by atoms with Crippen molar-refractivity contribution in [3.8, 4) is 0 Å². The second kappa shape index (κ2) is 7.25. The van der Waals surface area contributed by atoms with E-state index in [0.717, 1.165) is 12.1 Å². The summed E-state index contributed by atoms with van der Waals surface area (Å²) in [6.45, 7) is 19.8. The molecule has 140 valence electrons. The molecule has 3 saturated heterocycles. The van der Waals surface area contributed by atoms with E-state index in [1.807, 2.05) is 0 Å². The van der Waals surface area contributed by atoms with Crippen LogP contribution < -0.4 is 0 Å². The summed E-state index contributed by atoms with van der Waals surface area (Å²) >= 11 is 0. The molecule has 3 heteroatoms. The fourth-order valence-corrected chi connectivity index (χ4v) is 5.28. The summed E-state index contributed by atoms with van der Waals surface area (Å²) < 4.78 is 0. The lowest BCUT2D eigenvalue weighted by Crippen LogP contribution is -2.54. The Hall–Kier alpha value is -0.120. The normalized spacial score (nSPS) is 28.8. The molecule has 24 heavy (non-hydrogen) atoms. The van der Waals surface area contributed by atoms with Crippen LogP contribution in [-0.2, 0) is 0 Å². The van der Waals surface area contributed by atoms with Crippen molar-refractivity contribution in [2.24, 2.45) is 5.41 Å². The molecular weight excluding hydrogens is 294 g/mol. The minimum atomic E-state index is 0.349. The predicted molar refractivity (Wildman–Crippen MR) is 104 cm³/mol. The van der Waals surface area contributed by atoms with E-state index in [-0.39, 0.29) is 0 Å². The molecule has 0 aromatic heterocycles. The third-order valence-electron chi connectivity index (χ3n) is 7.38. The third-order valence-corrected chi connectivity index (χ3v) is 7.38. The first-order valence-corrected chi connectivity index (χ1v) is 10.5. The predicted octanol–water partition coefficient (Wildman–Crippen LogP) is 3.84. The lowest BCUT2D eigenvalue weighted by atomic mass is 9.70. The highest BCUT2D eigenvalue weighted by Gasteiger charge is 2.40. The topological polar surface area (TPSA) is 9.72 Å². The molecule has 3 fully saturated rings. The molecule has 0 aromatic rings. The highest BCUT2D eigenvalue weighted by atomic mass is 15.2. The average Bonchev–Trinajstić information content (AvgIpc) is 2.55. The lowest BCUT2D eigenvalue weighted by molar-refractivity contribution is -0.00661. The van der Waals surface area contributed by atoms with Crippen molar-refractivity contribution >= 4 is 0 Å². The van der Waals surface area contributed by atoms with Gasteiger partial charge >= 0.3 is 0 Å². The molecule has 0 aliphatic carbocycles. The second-order valence-corrected chi connectivity index (χ2v) is 10.1. The molecule has 0 unspecified atom stereocenters. The Morgan fingerprint density at radius 1 is 0.792 bits per heavy atom. The van der Waals surface area contributed by atoms with E-state index < -0.39 is 0 Å². The fourth-order valence-electron chi connectivity index (χ4n) is 5.28. The van der Waals surface area contributed by atoms with Crippen LogP contribution in [0.15, 0.2) is 0 Å². The van der Waals surface area contributed by atoms with E-state index in [4.69, 9.17) is 0 Å². The van der Waals surface area contributed by atoms with Crippen molar-refractivity contribution in [1.29, 1.82) is 0 Å². The number of rotatable bonds is 2. The maximum absolute atomic E-state index is 2.85. The van der Waals surface area contributed by atoms with Crippen LogP contribution in [-0.4, -0.2) is 71.6 Å². The van der Waals surface area contributed by atoms with Crippen LogP contribution in [0.1, 0.15) is 73.1 Å². The Morgan fingerprint density at radius 2 is 1.29 bits per heavy atom. The fraction of sp³-hybridized carbons (Fsp3) is 1.00. The van der Waals surface area contributed by atoms with Crippen molar-refractivity contribution in [2.45, 2.75) is 90.8 Å². The van der Waals surface area contributed by atoms with Gasteiger partial charge in [-0.15, -0.1) is 0 Å². The zero-order valence-electron chi connectivity index (χ0n) is 17.0. The van der Waals surface area contributed by atoms with Crippen molar-refractivity contribution in [2.75, 3.05) is 39.3 Å². The maximum Gasteiger partial charge on any atom is 0.0125 e. The van der Waals surface area contributed by atoms with Gasteiger partial charge < -0.3 is 9.80 Å². The highest BCUT2D eigenvalue weighted by molar-refractivity contribution is 4.94. The van der Waals surface area contributed by atoms with E-state index in [1.54, 1.807) is 0 Å². The maximum atomic E-state index is 2.85. The summed E-state index contributed by atoms with van der Waals surface area (Å²) in [4.78, 5) is 8.20. The van der Waals surface area contributed by atoms with E-state index in [0.29, 0.717) is 11.0 Å². The van der Waals surface area contributed by atoms with Crippen LogP contribution >= 0.6 is 0 Å². The second-order valence-electron chi connectivity index (χ2n) is 10.1. The summed E-state index contributed by atoms with van der Waals surface area (Å²) in [5.41, 5.74) is 1.04. The third kappa shape index (κ3) is 4.16. The van der Waals surface area contributed by atoms with Crippen LogP contribution in [0.3, 0.4) is 0 Å². The van der Waals surface area contributed by atoms with Gasteiger partial charge in [0.1, 0.15) is 0 Å². The van der Waals surface area contributed by atoms with Crippen LogP contribution in [0.4, 0.5) is 0 Å². The number of nitrogens with zero attached hydrogens (tertiary/aromatic N) is 3. The molecular formula is C21H41N3. The smallest absolute Gasteiger partial charge is 0.0125 e. The lowest BCUT2D eigenvalue weighted by Gasteiger charge is -2.50. The van der Waals surface area contributed by atoms with Gasteiger partial charge in [-0.3, -0.25) is 4.90 Å². The Bertz CT molecular complexity index is 386. The molecule has 3 aliphatic rings. The molecule has 3 aliphatic heterocycles. The SMILES string of the molecule is CC(C)N1CCC2(CC1)CCN(C1CCN(C(C)(C)C)CC1)CC2. The van der Waals surface area contributed by atoms with Crippen LogP contribution in [0.2, 0.25) is 0 Å². The van der Waals surface area contributed by atoms with E-state index in [2.05, 4.69) is 49.3 Å². The van der Waals surface area contributed by atoms with Crippen LogP contribution in [0.25, 0.3) is 0 Å².